The first-order chi connectivity index (χ1) is 11.6. The van der Waals surface area contributed by atoms with Gasteiger partial charge in [-0.2, -0.15) is 0 Å². The summed E-state index contributed by atoms with van der Waals surface area (Å²) in [7, 11) is 0. The predicted octanol–water partition coefficient (Wildman–Crippen LogP) is 2.55. The van der Waals surface area contributed by atoms with Gasteiger partial charge in [-0.3, -0.25) is 9.78 Å². The first-order valence-corrected chi connectivity index (χ1v) is 8.16. The zero-order valence-corrected chi connectivity index (χ0v) is 13.7. The van der Waals surface area contributed by atoms with Gasteiger partial charge in [-0.1, -0.05) is 12.1 Å². The highest BCUT2D eigenvalue weighted by Crippen LogP contribution is 2.39. The Bertz CT molecular complexity index is 701. The predicted molar refractivity (Wildman–Crippen MR) is 90.7 cm³/mol. The van der Waals surface area contributed by atoms with E-state index in [0.717, 1.165) is 18.4 Å². The summed E-state index contributed by atoms with van der Waals surface area (Å²) in [5, 5.41) is 12.6. The SMILES string of the molecule is CC(CO)(NC(=O)c1cccc(OCc2cccnc2)c1)C1CC1. The van der Waals surface area contributed by atoms with Crippen LogP contribution in [0.25, 0.3) is 0 Å². The molecule has 1 aliphatic carbocycles. The molecular weight excluding hydrogens is 304 g/mol. The topological polar surface area (TPSA) is 71.5 Å². The Labute approximate surface area is 141 Å². The lowest BCUT2D eigenvalue weighted by atomic mass is 9.96. The lowest BCUT2D eigenvalue weighted by Crippen LogP contribution is -2.50. The van der Waals surface area contributed by atoms with Crippen molar-refractivity contribution in [1.82, 2.24) is 10.3 Å². The van der Waals surface area contributed by atoms with Crippen LogP contribution in [0, 0.1) is 5.92 Å². The van der Waals surface area contributed by atoms with Gasteiger partial charge in [0.1, 0.15) is 12.4 Å². The number of nitrogens with zero attached hydrogens (tertiary/aromatic N) is 1. The zero-order chi connectivity index (χ0) is 17.0. The highest BCUT2D eigenvalue weighted by Gasteiger charge is 2.42. The number of pyridine rings is 1. The molecule has 1 aromatic heterocycles. The number of carbonyl (C=O) groups excluding carboxylic acids is 1. The highest BCUT2D eigenvalue weighted by molar-refractivity contribution is 5.95. The fourth-order valence-corrected chi connectivity index (χ4v) is 2.70. The van der Waals surface area contributed by atoms with Gasteiger partial charge in [0, 0.05) is 23.5 Å². The van der Waals surface area contributed by atoms with Crippen molar-refractivity contribution in [2.45, 2.75) is 31.9 Å². The van der Waals surface area contributed by atoms with E-state index in [1.807, 2.05) is 25.1 Å². The number of ether oxygens (including phenoxy) is 1. The Hall–Kier alpha value is -2.40. The molecule has 1 heterocycles. The van der Waals surface area contributed by atoms with Crippen molar-refractivity contribution >= 4 is 5.91 Å². The molecule has 1 saturated carbocycles. The smallest absolute Gasteiger partial charge is 0.251 e. The van der Waals surface area contributed by atoms with Crippen LogP contribution >= 0.6 is 0 Å². The number of carbonyl (C=O) groups is 1. The molecule has 0 aliphatic heterocycles. The van der Waals surface area contributed by atoms with Gasteiger partial charge in [0.05, 0.1) is 12.1 Å². The van der Waals surface area contributed by atoms with Crippen molar-refractivity contribution in [3.05, 3.63) is 59.9 Å². The van der Waals surface area contributed by atoms with E-state index in [9.17, 15) is 9.90 Å². The van der Waals surface area contributed by atoms with Crippen LogP contribution in [0.5, 0.6) is 5.75 Å². The number of aromatic nitrogens is 1. The van der Waals surface area contributed by atoms with Crippen LogP contribution in [-0.4, -0.2) is 28.1 Å². The van der Waals surface area contributed by atoms with E-state index in [4.69, 9.17) is 4.74 Å². The van der Waals surface area contributed by atoms with Gasteiger partial charge < -0.3 is 15.2 Å². The maximum atomic E-state index is 12.5. The third-order valence-electron chi connectivity index (χ3n) is 4.43. The van der Waals surface area contributed by atoms with Gasteiger partial charge in [-0.15, -0.1) is 0 Å². The molecule has 1 unspecified atom stereocenters. The third-order valence-corrected chi connectivity index (χ3v) is 4.43. The van der Waals surface area contributed by atoms with Crippen molar-refractivity contribution < 1.29 is 14.6 Å². The molecule has 3 rings (SSSR count). The van der Waals surface area contributed by atoms with Crippen LogP contribution in [0.2, 0.25) is 0 Å². The fraction of sp³-hybridized carbons (Fsp3) is 0.368. The number of aliphatic hydroxyl groups is 1. The first kappa shape index (κ1) is 16.5. The number of aliphatic hydroxyl groups excluding tert-OH is 1. The maximum Gasteiger partial charge on any atom is 0.251 e. The van der Waals surface area contributed by atoms with Crippen LogP contribution in [0.3, 0.4) is 0 Å². The minimum Gasteiger partial charge on any atom is -0.489 e. The standard InChI is InChI=1S/C19H22N2O3/c1-19(13-22,16-7-8-16)21-18(23)15-5-2-6-17(10-15)24-12-14-4-3-9-20-11-14/h2-6,9-11,16,22H,7-8,12-13H2,1H3,(H,21,23). The van der Waals surface area contributed by atoms with Gasteiger partial charge in [-0.25, -0.2) is 0 Å². The summed E-state index contributed by atoms with van der Waals surface area (Å²) in [6.07, 6.45) is 5.56. The molecule has 126 valence electrons. The first-order valence-electron chi connectivity index (χ1n) is 8.16. The van der Waals surface area contributed by atoms with E-state index in [1.165, 1.54) is 0 Å². The van der Waals surface area contributed by atoms with Crippen molar-refractivity contribution in [2.75, 3.05) is 6.61 Å². The van der Waals surface area contributed by atoms with Gasteiger partial charge in [0.2, 0.25) is 0 Å². The lowest BCUT2D eigenvalue weighted by Gasteiger charge is -2.28. The van der Waals surface area contributed by atoms with Crippen LogP contribution < -0.4 is 10.1 Å². The van der Waals surface area contributed by atoms with E-state index in [2.05, 4.69) is 10.3 Å². The van der Waals surface area contributed by atoms with E-state index in [1.54, 1.807) is 30.6 Å². The Morgan fingerprint density at radius 1 is 1.38 bits per heavy atom. The average molecular weight is 326 g/mol. The molecule has 5 nitrogen and oxygen atoms in total. The Kier molecular flexibility index (Phi) is 4.81. The second-order valence-electron chi connectivity index (χ2n) is 6.48. The van der Waals surface area contributed by atoms with Crippen molar-refractivity contribution in [3.8, 4) is 5.75 Å². The number of rotatable bonds is 7. The second-order valence-corrected chi connectivity index (χ2v) is 6.48. The average Bonchev–Trinajstić information content (AvgIpc) is 3.46. The molecule has 1 atom stereocenters. The Balaban J connectivity index is 1.65. The summed E-state index contributed by atoms with van der Waals surface area (Å²) >= 11 is 0. The number of nitrogens with one attached hydrogen (secondary N) is 1. The molecule has 0 saturated heterocycles. The molecule has 2 N–H and O–H groups in total. The maximum absolute atomic E-state index is 12.5. The van der Waals surface area contributed by atoms with Crippen LogP contribution in [-0.2, 0) is 6.61 Å². The van der Waals surface area contributed by atoms with Crippen molar-refractivity contribution in [3.63, 3.8) is 0 Å². The van der Waals surface area contributed by atoms with Gasteiger partial charge in [0.15, 0.2) is 0 Å². The molecule has 1 aliphatic rings. The van der Waals surface area contributed by atoms with Crippen molar-refractivity contribution in [2.24, 2.45) is 5.92 Å². The minimum absolute atomic E-state index is 0.0550. The summed E-state index contributed by atoms with van der Waals surface area (Å²) < 4.78 is 5.73. The van der Waals surface area contributed by atoms with E-state index < -0.39 is 5.54 Å². The number of amides is 1. The Morgan fingerprint density at radius 3 is 2.88 bits per heavy atom. The summed E-state index contributed by atoms with van der Waals surface area (Å²) in [6.45, 7) is 2.24. The molecule has 1 fully saturated rings. The highest BCUT2D eigenvalue weighted by atomic mass is 16.5. The van der Waals surface area contributed by atoms with Gasteiger partial charge in [0.25, 0.3) is 5.91 Å². The van der Waals surface area contributed by atoms with E-state index >= 15 is 0 Å². The summed E-state index contributed by atoms with van der Waals surface area (Å²) in [6, 6.07) is 10.9. The lowest BCUT2D eigenvalue weighted by molar-refractivity contribution is 0.0824. The molecule has 2 aromatic rings. The number of hydrogen-bond acceptors (Lipinski definition) is 4. The quantitative estimate of drug-likeness (QED) is 0.820. The molecule has 0 spiro atoms. The van der Waals surface area contributed by atoms with Gasteiger partial charge in [-0.05, 0) is 49.9 Å². The monoisotopic (exact) mass is 326 g/mol. The Morgan fingerprint density at radius 2 is 2.21 bits per heavy atom. The number of hydrogen-bond donors (Lipinski definition) is 2. The van der Waals surface area contributed by atoms with E-state index in [-0.39, 0.29) is 12.5 Å². The third kappa shape index (κ3) is 3.92. The largest absolute Gasteiger partial charge is 0.489 e. The zero-order valence-electron chi connectivity index (χ0n) is 13.7. The van der Waals surface area contributed by atoms with Gasteiger partial charge >= 0.3 is 0 Å². The van der Waals surface area contributed by atoms with Crippen LogP contribution in [0.1, 0.15) is 35.7 Å². The molecule has 1 aromatic carbocycles. The number of benzene rings is 1. The summed E-state index contributed by atoms with van der Waals surface area (Å²) in [4.78, 5) is 16.5. The summed E-state index contributed by atoms with van der Waals surface area (Å²) in [5.74, 6) is 0.797. The molecule has 0 radical (unpaired) electrons. The van der Waals surface area contributed by atoms with Crippen molar-refractivity contribution in [1.29, 1.82) is 0 Å². The van der Waals surface area contributed by atoms with E-state index in [0.29, 0.717) is 23.8 Å². The fourth-order valence-electron chi connectivity index (χ4n) is 2.70. The molecule has 0 bridgehead atoms. The minimum atomic E-state index is -0.552. The molecule has 24 heavy (non-hydrogen) atoms. The van der Waals surface area contributed by atoms with Crippen LogP contribution in [0.15, 0.2) is 48.8 Å². The normalized spacial score (nSPS) is 16.2. The molecule has 1 amide bonds. The second kappa shape index (κ2) is 7.01. The van der Waals surface area contributed by atoms with Crippen LogP contribution in [0.4, 0.5) is 0 Å². The summed E-state index contributed by atoms with van der Waals surface area (Å²) in [5.41, 5.74) is 0.942. The molecular formula is C19H22N2O3. The molecule has 5 heteroatoms.